The summed E-state index contributed by atoms with van der Waals surface area (Å²) in [6.07, 6.45) is 2.69. The average Bonchev–Trinajstić information content (AvgIpc) is 2.61. The first-order valence-electron chi connectivity index (χ1n) is 4.96. The quantitative estimate of drug-likeness (QED) is 0.706. The van der Waals surface area contributed by atoms with Gasteiger partial charge < -0.3 is 10.4 Å². The Hall–Kier alpha value is -1.43. The van der Waals surface area contributed by atoms with E-state index in [-0.39, 0.29) is 6.54 Å². The van der Waals surface area contributed by atoms with Crippen molar-refractivity contribution in [1.29, 1.82) is 0 Å². The minimum atomic E-state index is -0.915. The molecule has 1 aromatic rings. The fourth-order valence-corrected chi connectivity index (χ4v) is 1.06. The maximum absolute atomic E-state index is 10.4. The van der Waals surface area contributed by atoms with Crippen molar-refractivity contribution in [3.05, 3.63) is 11.9 Å². The molecule has 0 amide bonds. The molecule has 0 aliphatic heterocycles. The molecule has 15 heavy (non-hydrogen) atoms. The van der Waals surface area contributed by atoms with Crippen LogP contribution in [0.2, 0.25) is 0 Å². The number of hydrogen-bond acceptors (Lipinski definition) is 4. The maximum Gasteiger partial charge on any atom is 0.325 e. The number of nitrogens with zero attached hydrogens (tertiary/aromatic N) is 3. The van der Waals surface area contributed by atoms with E-state index < -0.39 is 5.97 Å². The first-order chi connectivity index (χ1) is 7.11. The van der Waals surface area contributed by atoms with Crippen LogP contribution in [0.25, 0.3) is 0 Å². The molecule has 0 aliphatic carbocycles. The summed E-state index contributed by atoms with van der Waals surface area (Å²) in [6.45, 7) is 4.66. The third-order valence-corrected chi connectivity index (χ3v) is 2.13. The lowest BCUT2D eigenvalue weighted by atomic mass is 10.2. The number of aromatic nitrogens is 3. The van der Waals surface area contributed by atoms with Gasteiger partial charge in [-0.15, -0.1) is 5.10 Å². The van der Waals surface area contributed by atoms with Crippen LogP contribution in [-0.4, -0.2) is 32.1 Å². The molecule has 0 bridgehead atoms. The largest absolute Gasteiger partial charge is 0.480 e. The van der Waals surface area contributed by atoms with E-state index in [0.29, 0.717) is 12.6 Å². The lowest BCUT2D eigenvalue weighted by Crippen LogP contribution is -2.24. The second kappa shape index (κ2) is 5.45. The zero-order valence-electron chi connectivity index (χ0n) is 8.97. The van der Waals surface area contributed by atoms with E-state index in [4.69, 9.17) is 5.11 Å². The van der Waals surface area contributed by atoms with Gasteiger partial charge in [0.15, 0.2) is 0 Å². The summed E-state index contributed by atoms with van der Waals surface area (Å²) in [5, 5.41) is 19.3. The van der Waals surface area contributed by atoms with Gasteiger partial charge in [0.25, 0.3) is 0 Å². The number of carbonyl (C=O) groups is 1. The molecule has 1 heterocycles. The maximum atomic E-state index is 10.4. The van der Waals surface area contributed by atoms with Crippen molar-refractivity contribution in [3.63, 3.8) is 0 Å². The molecule has 0 fully saturated rings. The number of carboxylic acids is 1. The normalized spacial score (nSPS) is 12.7. The van der Waals surface area contributed by atoms with Crippen molar-refractivity contribution in [1.82, 2.24) is 20.3 Å². The molecular formula is C9H16N4O2. The fourth-order valence-electron chi connectivity index (χ4n) is 1.06. The highest BCUT2D eigenvalue weighted by Crippen LogP contribution is 1.95. The number of carboxylic acid groups (broad SMARTS) is 1. The minimum Gasteiger partial charge on any atom is -0.480 e. The fraction of sp³-hybridized carbons (Fsp3) is 0.667. The molecule has 0 aliphatic rings. The summed E-state index contributed by atoms with van der Waals surface area (Å²) in [5.74, 6) is -0.915. The standard InChI is InChI=1S/C9H16N4O2/c1-3-7(2)10-4-8-5-13(12-11-8)6-9(14)15/h5,7,10H,3-4,6H2,1-2H3,(H,14,15). The highest BCUT2D eigenvalue weighted by Gasteiger charge is 2.05. The lowest BCUT2D eigenvalue weighted by molar-refractivity contribution is -0.137. The van der Waals surface area contributed by atoms with Crippen LogP contribution in [0.4, 0.5) is 0 Å². The van der Waals surface area contributed by atoms with Crippen LogP contribution in [0.1, 0.15) is 26.0 Å². The van der Waals surface area contributed by atoms with E-state index in [1.165, 1.54) is 4.68 Å². The summed E-state index contributed by atoms with van der Waals surface area (Å²) in [7, 11) is 0. The molecule has 1 rings (SSSR count). The first-order valence-corrected chi connectivity index (χ1v) is 4.96. The van der Waals surface area contributed by atoms with Crippen molar-refractivity contribution < 1.29 is 9.90 Å². The molecule has 0 saturated heterocycles. The second-order valence-electron chi connectivity index (χ2n) is 3.49. The number of nitrogens with one attached hydrogen (secondary N) is 1. The second-order valence-corrected chi connectivity index (χ2v) is 3.49. The van der Waals surface area contributed by atoms with Gasteiger partial charge >= 0.3 is 5.97 Å². The van der Waals surface area contributed by atoms with Gasteiger partial charge in [0.2, 0.25) is 0 Å². The Balaban J connectivity index is 2.42. The highest BCUT2D eigenvalue weighted by atomic mass is 16.4. The Morgan fingerprint density at radius 2 is 2.47 bits per heavy atom. The van der Waals surface area contributed by atoms with Crippen LogP contribution < -0.4 is 5.32 Å². The molecule has 1 aromatic heterocycles. The number of hydrogen-bond donors (Lipinski definition) is 2. The molecule has 1 unspecified atom stereocenters. The third-order valence-electron chi connectivity index (χ3n) is 2.13. The molecule has 0 aromatic carbocycles. The summed E-state index contributed by atoms with van der Waals surface area (Å²) in [6, 6.07) is 0.426. The van der Waals surface area contributed by atoms with E-state index in [1.54, 1.807) is 6.20 Å². The van der Waals surface area contributed by atoms with Crippen molar-refractivity contribution in [3.8, 4) is 0 Å². The van der Waals surface area contributed by atoms with E-state index in [1.807, 2.05) is 0 Å². The topological polar surface area (TPSA) is 80.0 Å². The first kappa shape index (κ1) is 11.6. The van der Waals surface area contributed by atoms with Crippen LogP contribution in [0.3, 0.4) is 0 Å². The van der Waals surface area contributed by atoms with E-state index in [2.05, 4.69) is 29.5 Å². The van der Waals surface area contributed by atoms with Gasteiger partial charge in [-0.3, -0.25) is 4.79 Å². The summed E-state index contributed by atoms with van der Waals surface area (Å²) < 4.78 is 1.32. The van der Waals surface area contributed by atoms with Crippen molar-refractivity contribution in [2.24, 2.45) is 0 Å². The monoisotopic (exact) mass is 212 g/mol. The van der Waals surface area contributed by atoms with Gasteiger partial charge in [-0.2, -0.15) is 0 Å². The van der Waals surface area contributed by atoms with Crippen LogP contribution in [-0.2, 0) is 17.9 Å². The Labute approximate surface area is 88.3 Å². The third kappa shape index (κ3) is 4.07. The Kier molecular flexibility index (Phi) is 4.23. The predicted octanol–water partition coefficient (Wildman–Crippen LogP) is 0.251. The van der Waals surface area contributed by atoms with Crippen LogP contribution in [0.15, 0.2) is 6.20 Å². The number of aliphatic carboxylic acids is 1. The molecule has 1 atom stereocenters. The number of rotatable bonds is 6. The molecule has 0 spiro atoms. The summed E-state index contributed by atoms with van der Waals surface area (Å²) in [5.41, 5.74) is 0.761. The predicted molar refractivity (Wildman–Crippen MR) is 54.3 cm³/mol. The van der Waals surface area contributed by atoms with Gasteiger partial charge in [0, 0.05) is 12.6 Å². The van der Waals surface area contributed by atoms with Gasteiger partial charge in [0.05, 0.1) is 11.9 Å². The zero-order valence-corrected chi connectivity index (χ0v) is 8.97. The molecule has 0 saturated carbocycles. The SMILES string of the molecule is CCC(C)NCc1cn(CC(=O)O)nn1. The van der Waals surface area contributed by atoms with E-state index >= 15 is 0 Å². The highest BCUT2D eigenvalue weighted by molar-refractivity contribution is 5.66. The van der Waals surface area contributed by atoms with Crippen LogP contribution in [0, 0.1) is 0 Å². The van der Waals surface area contributed by atoms with Crippen molar-refractivity contribution >= 4 is 5.97 Å². The van der Waals surface area contributed by atoms with Crippen molar-refractivity contribution in [2.45, 2.75) is 39.4 Å². The Bertz CT molecular complexity index is 324. The van der Waals surface area contributed by atoms with Gasteiger partial charge in [-0.05, 0) is 13.3 Å². The average molecular weight is 212 g/mol. The minimum absolute atomic E-state index is 0.143. The van der Waals surface area contributed by atoms with Gasteiger partial charge in [-0.25, -0.2) is 4.68 Å². The van der Waals surface area contributed by atoms with Gasteiger partial charge in [0.1, 0.15) is 6.54 Å². The summed E-state index contributed by atoms with van der Waals surface area (Å²) in [4.78, 5) is 10.4. The summed E-state index contributed by atoms with van der Waals surface area (Å²) >= 11 is 0. The molecular weight excluding hydrogens is 196 g/mol. The lowest BCUT2D eigenvalue weighted by Gasteiger charge is -2.08. The van der Waals surface area contributed by atoms with Gasteiger partial charge in [-0.1, -0.05) is 12.1 Å². The smallest absolute Gasteiger partial charge is 0.325 e. The van der Waals surface area contributed by atoms with Crippen molar-refractivity contribution in [2.75, 3.05) is 0 Å². The molecule has 6 nitrogen and oxygen atoms in total. The van der Waals surface area contributed by atoms with E-state index in [9.17, 15) is 4.79 Å². The molecule has 2 N–H and O–H groups in total. The molecule has 84 valence electrons. The zero-order chi connectivity index (χ0) is 11.3. The van der Waals surface area contributed by atoms with Crippen LogP contribution >= 0.6 is 0 Å². The molecule has 0 radical (unpaired) electrons. The van der Waals surface area contributed by atoms with E-state index in [0.717, 1.165) is 12.1 Å². The Morgan fingerprint density at radius 1 is 1.73 bits per heavy atom. The van der Waals surface area contributed by atoms with Crippen LogP contribution in [0.5, 0.6) is 0 Å². The Morgan fingerprint density at radius 3 is 3.07 bits per heavy atom. The molecule has 6 heteroatoms.